The predicted molar refractivity (Wildman–Crippen MR) is 136 cm³/mol. The average Bonchev–Trinajstić information content (AvgIpc) is 3.30. The third-order valence-corrected chi connectivity index (χ3v) is 7.62. The van der Waals surface area contributed by atoms with E-state index < -0.39 is 0 Å². The minimum absolute atomic E-state index is 0.181. The summed E-state index contributed by atoms with van der Waals surface area (Å²) >= 11 is 4.53. The zero-order chi connectivity index (χ0) is 22.0. The summed E-state index contributed by atoms with van der Waals surface area (Å²) in [5.74, 6) is 0.883. The van der Waals surface area contributed by atoms with Crippen LogP contribution in [0, 0.1) is 0 Å². The van der Waals surface area contributed by atoms with Gasteiger partial charge in [-0.3, -0.25) is 4.79 Å². The number of hydrazone groups is 1. The normalized spacial score (nSPS) is 11.5. The van der Waals surface area contributed by atoms with Gasteiger partial charge in [-0.15, -0.1) is 10.2 Å². The van der Waals surface area contributed by atoms with Crippen molar-refractivity contribution in [1.82, 2.24) is 15.6 Å². The summed E-state index contributed by atoms with van der Waals surface area (Å²) < 4.78 is 1.67. The third-order valence-electron chi connectivity index (χ3n) is 4.38. The molecule has 4 aromatic rings. The van der Waals surface area contributed by atoms with Crippen LogP contribution in [0.3, 0.4) is 0 Å². The number of carbonyl (C=O) groups excluding carboxylic acids is 1. The standard InChI is InChI=1S/C24H20N4OS3/c29-22(26-25-15-7-10-18-8-2-1-3-9-18)17-31-24-28-27-23(32-24)30-16-20-13-6-12-19-11-4-5-14-21(19)20/h1-15H,16-17H2,(H,26,29). The van der Waals surface area contributed by atoms with Crippen LogP contribution in [0.15, 0.2) is 92.7 Å². The van der Waals surface area contributed by atoms with Gasteiger partial charge in [-0.1, -0.05) is 114 Å². The van der Waals surface area contributed by atoms with Gasteiger partial charge in [0.2, 0.25) is 0 Å². The fourth-order valence-corrected chi connectivity index (χ4v) is 5.72. The smallest absolute Gasteiger partial charge is 0.250 e. The lowest BCUT2D eigenvalue weighted by Crippen LogP contribution is -2.19. The molecule has 1 heterocycles. The average molecular weight is 477 g/mol. The Morgan fingerprint density at radius 2 is 1.69 bits per heavy atom. The molecular weight excluding hydrogens is 456 g/mol. The first-order valence-electron chi connectivity index (χ1n) is 9.87. The number of hydrogen-bond donors (Lipinski definition) is 1. The van der Waals surface area contributed by atoms with E-state index in [1.54, 1.807) is 24.1 Å². The van der Waals surface area contributed by atoms with Gasteiger partial charge < -0.3 is 0 Å². The van der Waals surface area contributed by atoms with E-state index in [1.807, 2.05) is 36.4 Å². The number of rotatable bonds is 9. The van der Waals surface area contributed by atoms with E-state index in [-0.39, 0.29) is 11.7 Å². The Morgan fingerprint density at radius 1 is 0.938 bits per heavy atom. The Morgan fingerprint density at radius 3 is 2.56 bits per heavy atom. The summed E-state index contributed by atoms with van der Waals surface area (Å²) in [7, 11) is 0. The second-order valence-electron chi connectivity index (χ2n) is 6.63. The number of aromatic nitrogens is 2. The van der Waals surface area contributed by atoms with Gasteiger partial charge in [-0.05, 0) is 28.0 Å². The van der Waals surface area contributed by atoms with E-state index in [4.69, 9.17) is 0 Å². The van der Waals surface area contributed by atoms with Gasteiger partial charge in [0.05, 0.1) is 5.75 Å². The molecule has 1 amide bonds. The highest BCUT2D eigenvalue weighted by atomic mass is 32.2. The quantitative estimate of drug-likeness (QED) is 0.185. The minimum Gasteiger partial charge on any atom is -0.272 e. The largest absolute Gasteiger partial charge is 0.272 e. The first kappa shape index (κ1) is 22.3. The molecule has 0 aliphatic carbocycles. The molecule has 0 bridgehead atoms. The van der Waals surface area contributed by atoms with Crippen LogP contribution >= 0.6 is 34.9 Å². The van der Waals surface area contributed by atoms with E-state index >= 15 is 0 Å². The Kier molecular flexibility index (Phi) is 8.08. The van der Waals surface area contributed by atoms with Crippen LogP contribution in [0.25, 0.3) is 16.8 Å². The molecule has 4 rings (SSSR count). The summed E-state index contributed by atoms with van der Waals surface area (Å²) in [5, 5.41) is 14.9. The molecule has 0 saturated carbocycles. The molecule has 0 fully saturated rings. The lowest BCUT2D eigenvalue weighted by Gasteiger charge is -2.04. The topological polar surface area (TPSA) is 67.2 Å². The molecule has 0 atom stereocenters. The van der Waals surface area contributed by atoms with E-state index in [0.29, 0.717) is 0 Å². The van der Waals surface area contributed by atoms with Crippen molar-refractivity contribution in [2.45, 2.75) is 14.4 Å². The number of nitrogens with one attached hydrogen (secondary N) is 1. The Bertz CT molecular complexity index is 1230. The number of allylic oxidation sites excluding steroid dienone is 1. The maximum absolute atomic E-state index is 12.0. The molecule has 160 valence electrons. The molecule has 0 aliphatic heterocycles. The lowest BCUT2D eigenvalue weighted by atomic mass is 10.1. The van der Waals surface area contributed by atoms with E-state index in [0.717, 1.165) is 20.0 Å². The first-order chi connectivity index (χ1) is 15.8. The maximum atomic E-state index is 12.0. The molecule has 0 saturated heterocycles. The summed E-state index contributed by atoms with van der Waals surface area (Å²) in [6, 6.07) is 24.6. The van der Waals surface area contributed by atoms with Crippen molar-refractivity contribution in [2.75, 3.05) is 5.75 Å². The molecule has 32 heavy (non-hydrogen) atoms. The molecule has 0 unspecified atom stereocenters. The Labute approximate surface area is 199 Å². The van der Waals surface area contributed by atoms with Crippen molar-refractivity contribution in [1.29, 1.82) is 0 Å². The third kappa shape index (κ3) is 6.53. The number of thioether (sulfide) groups is 2. The van der Waals surface area contributed by atoms with Crippen LogP contribution < -0.4 is 5.43 Å². The zero-order valence-electron chi connectivity index (χ0n) is 17.0. The second-order valence-corrected chi connectivity index (χ2v) is 10.1. The van der Waals surface area contributed by atoms with Crippen LogP contribution in [0.1, 0.15) is 11.1 Å². The van der Waals surface area contributed by atoms with Gasteiger partial charge in [0.1, 0.15) is 0 Å². The van der Waals surface area contributed by atoms with Gasteiger partial charge in [-0.25, -0.2) is 5.43 Å². The molecule has 0 spiro atoms. The fourth-order valence-electron chi connectivity index (χ4n) is 2.90. The minimum atomic E-state index is -0.181. The maximum Gasteiger partial charge on any atom is 0.250 e. The van der Waals surface area contributed by atoms with Crippen LogP contribution in [-0.4, -0.2) is 28.1 Å². The van der Waals surface area contributed by atoms with Crippen molar-refractivity contribution in [3.05, 3.63) is 90.0 Å². The molecular formula is C24H20N4OS3. The zero-order valence-corrected chi connectivity index (χ0v) is 19.5. The van der Waals surface area contributed by atoms with Crippen LogP contribution in [0.5, 0.6) is 0 Å². The number of carbonyl (C=O) groups is 1. The molecule has 0 radical (unpaired) electrons. The Balaban J connectivity index is 1.21. The molecule has 0 aliphatic rings. The molecule has 1 aromatic heterocycles. The van der Waals surface area contributed by atoms with Crippen LogP contribution in [0.4, 0.5) is 0 Å². The summed E-state index contributed by atoms with van der Waals surface area (Å²) in [6.45, 7) is 0. The predicted octanol–water partition coefficient (Wildman–Crippen LogP) is 5.89. The van der Waals surface area contributed by atoms with Crippen molar-refractivity contribution in [3.63, 3.8) is 0 Å². The van der Waals surface area contributed by atoms with Gasteiger partial charge in [0, 0.05) is 12.0 Å². The summed E-state index contributed by atoms with van der Waals surface area (Å²) in [6.07, 6.45) is 5.26. The van der Waals surface area contributed by atoms with Gasteiger partial charge in [0.25, 0.3) is 5.91 Å². The van der Waals surface area contributed by atoms with Crippen LogP contribution in [-0.2, 0) is 10.5 Å². The van der Waals surface area contributed by atoms with E-state index in [9.17, 15) is 4.79 Å². The molecule has 3 aromatic carbocycles. The Hall–Kier alpha value is -2.94. The van der Waals surface area contributed by atoms with E-state index in [1.165, 1.54) is 39.4 Å². The molecule has 5 nitrogen and oxygen atoms in total. The van der Waals surface area contributed by atoms with E-state index in [2.05, 4.69) is 63.2 Å². The van der Waals surface area contributed by atoms with Gasteiger partial charge in [0.15, 0.2) is 8.68 Å². The molecule has 1 N–H and O–H groups in total. The van der Waals surface area contributed by atoms with Gasteiger partial charge in [-0.2, -0.15) is 5.10 Å². The number of nitrogens with zero attached hydrogens (tertiary/aromatic N) is 3. The highest BCUT2D eigenvalue weighted by molar-refractivity contribution is 8.03. The van der Waals surface area contributed by atoms with Crippen molar-refractivity contribution >= 4 is 63.8 Å². The molecule has 8 heteroatoms. The highest BCUT2D eigenvalue weighted by Crippen LogP contribution is 2.32. The number of hydrogen-bond acceptors (Lipinski definition) is 7. The monoisotopic (exact) mass is 476 g/mol. The van der Waals surface area contributed by atoms with Crippen molar-refractivity contribution in [2.24, 2.45) is 5.10 Å². The lowest BCUT2D eigenvalue weighted by molar-refractivity contribution is -0.118. The van der Waals surface area contributed by atoms with Crippen molar-refractivity contribution in [3.8, 4) is 0 Å². The number of amides is 1. The van der Waals surface area contributed by atoms with Crippen molar-refractivity contribution < 1.29 is 4.79 Å². The highest BCUT2D eigenvalue weighted by Gasteiger charge is 2.09. The second kappa shape index (κ2) is 11.6. The number of fused-ring (bicyclic) bond motifs is 1. The SMILES string of the molecule is O=C(CSc1nnc(SCc2cccc3ccccc23)s1)NN=CC=Cc1ccccc1. The number of benzene rings is 3. The van der Waals surface area contributed by atoms with Gasteiger partial charge >= 0.3 is 0 Å². The fraction of sp³-hybridized carbons (Fsp3) is 0.0833. The summed E-state index contributed by atoms with van der Waals surface area (Å²) in [4.78, 5) is 12.0. The van der Waals surface area contributed by atoms with Crippen LogP contribution in [0.2, 0.25) is 0 Å². The first-order valence-corrected chi connectivity index (χ1v) is 12.7. The summed E-state index contributed by atoms with van der Waals surface area (Å²) in [5.41, 5.74) is 4.87.